The second-order valence-corrected chi connectivity index (χ2v) is 18.5. The van der Waals surface area contributed by atoms with E-state index < -0.39 is 57.6 Å². The van der Waals surface area contributed by atoms with Crippen molar-refractivity contribution >= 4 is 25.7 Å². The lowest BCUT2D eigenvalue weighted by atomic mass is 10.0. The van der Waals surface area contributed by atoms with Crippen LogP contribution in [0.25, 0.3) is 0 Å². The van der Waals surface area contributed by atoms with E-state index >= 15 is 0 Å². The van der Waals surface area contributed by atoms with Crippen molar-refractivity contribution in [3.05, 3.63) is 12.2 Å². The number of unbranched alkanes of at least 4 members (excludes halogenated alkanes) is 31. The Morgan fingerprint density at radius 3 is 1.27 bits per heavy atom. The Bertz CT molecular complexity index is 1070. The molecule has 4 N–H and O–H groups in total. The monoisotopic (exact) mass is 874 g/mol. The SMILES string of the molecule is CCCCCCCC/C=C/CCCCCCCCCCCCCCCC(=O)OCC(O)COP(=O)(O)OCC(NC(=O)CCCCCCCCCCCCCCC)C(=O)O. The van der Waals surface area contributed by atoms with Crippen molar-refractivity contribution in [2.24, 2.45) is 0 Å². The smallest absolute Gasteiger partial charge is 0.472 e. The summed E-state index contributed by atoms with van der Waals surface area (Å²) < 4.78 is 26.9. The number of carbonyl (C=O) groups is 3. The summed E-state index contributed by atoms with van der Waals surface area (Å²) in [6.45, 7) is 2.62. The van der Waals surface area contributed by atoms with E-state index in [1.165, 1.54) is 167 Å². The Morgan fingerprint density at radius 2 is 0.867 bits per heavy atom. The first-order valence-corrected chi connectivity index (χ1v) is 26.2. The highest BCUT2D eigenvalue weighted by atomic mass is 31.2. The van der Waals surface area contributed by atoms with Gasteiger partial charge in [-0.3, -0.25) is 18.6 Å². The fraction of sp³-hybridized carbons (Fsp3) is 0.896. The average molecular weight is 874 g/mol. The number of esters is 1. The van der Waals surface area contributed by atoms with E-state index in [1.54, 1.807) is 0 Å². The molecule has 0 aliphatic rings. The summed E-state index contributed by atoms with van der Waals surface area (Å²) in [6.07, 6.45) is 45.3. The number of allylic oxidation sites excluding steroid dienone is 2. The number of aliphatic hydroxyl groups is 1. The van der Waals surface area contributed by atoms with E-state index in [-0.39, 0.29) is 12.8 Å². The standard InChI is InChI=1S/C48H92NO10P/c1-3-5-7-9-11-13-15-17-18-19-20-21-22-23-24-25-26-28-30-32-34-36-38-40-47(52)57-41-44(50)42-58-60(55,56)59-43-45(48(53)54)49-46(51)39-37-35-33-31-29-27-16-14-12-10-8-6-4-2/h17-18,44-45,50H,3-16,19-43H2,1-2H3,(H,49,51)(H,53,54)(H,55,56)/b18-17+. The summed E-state index contributed by atoms with van der Waals surface area (Å²) in [4.78, 5) is 46.0. The van der Waals surface area contributed by atoms with E-state index in [0.29, 0.717) is 12.8 Å². The van der Waals surface area contributed by atoms with Gasteiger partial charge in [-0.2, -0.15) is 0 Å². The molecule has 60 heavy (non-hydrogen) atoms. The molecule has 0 spiro atoms. The second-order valence-electron chi connectivity index (χ2n) is 17.0. The number of ether oxygens (including phenoxy) is 1. The number of aliphatic hydroxyl groups excluding tert-OH is 1. The van der Waals surface area contributed by atoms with Crippen molar-refractivity contribution in [1.82, 2.24) is 5.32 Å². The van der Waals surface area contributed by atoms with Crippen molar-refractivity contribution in [2.75, 3.05) is 19.8 Å². The molecule has 0 heterocycles. The molecule has 0 bridgehead atoms. The summed E-state index contributed by atoms with van der Waals surface area (Å²) in [6, 6.07) is -1.54. The molecule has 0 aromatic heterocycles. The number of hydrogen-bond acceptors (Lipinski definition) is 8. The van der Waals surface area contributed by atoms with Gasteiger partial charge in [0, 0.05) is 12.8 Å². The summed E-state index contributed by atoms with van der Waals surface area (Å²) in [7, 11) is -4.75. The van der Waals surface area contributed by atoms with Crippen LogP contribution in [0.15, 0.2) is 12.2 Å². The van der Waals surface area contributed by atoms with E-state index in [0.717, 1.165) is 38.5 Å². The van der Waals surface area contributed by atoms with Gasteiger partial charge in [-0.15, -0.1) is 0 Å². The maximum atomic E-state index is 12.3. The van der Waals surface area contributed by atoms with Gasteiger partial charge in [0.25, 0.3) is 0 Å². The highest BCUT2D eigenvalue weighted by Crippen LogP contribution is 2.43. The van der Waals surface area contributed by atoms with Crippen LogP contribution in [-0.4, -0.2) is 64.9 Å². The Morgan fingerprint density at radius 1 is 0.517 bits per heavy atom. The highest BCUT2D eigenvalue weighted by molar-refractivity contribution is 7.47. The first-order valence-electron chi connectivity index (χ1n) is 24.7. The fourth-order valence-corrected chi connectivity index (χ4v) is 7.97. The molecule has 11 nitrogen and oxygen atoms in total. The number of phosphoric ester groups is 1. The van der Waals surface area contributed by atoms with E-state index in [1.807, 2.05) is 0 Å². The first kappa shape index (κ1) is 58.2. The van der Waals surface area contributed by atoms with E-state index in [2.05, 4.69) is 31.3 Å². The van der Waals surface area contributed by atoms with Gasteiger partial charge in [0.05, 0.1) is 13.2 Å². The number of aliphatic carboxylic acids is 1. The fourth-order valence-electron chi connectivity index (χ4n) is 7.19. The largest absolute Gasteiger partial charge is 0.480 e. The van der Waals surface area contributed by atoms with Crippen LogP contribution < -0.4 is 5.32 Å². The summed E-state index contributed by atoms with van der Waals surface area (Å²) in [5, 5.41) is 21.9. The Kier molecular flexibility index (Phi) is 42.6. The molecular weight excluding hydrogens is 781 g/mol. The van der Waals surface area contributed by atoms with Crippen molar-refractivity contribution < 1.29 is 47.8 Å². The lowest BCUT2D eigenvalue weighted by molar-refractivity contribution is -0.147. The summed E-state index contributed by atoms with van der Waals surface area (Å²) >= 11 is 0. The lowest BCUT2D eigenvalue weighted by Gasteiger charge is -2.18. The molecule has 0 aliphatic heterocycles. The van der Waals surface area contributed by atoms with E-state index in [4.69, 9.17) is 13.8 Å². The minimum atomic E-state index is -4.75. The normalized spacial score (nSPS) is 13.7. The van der Waals surface area contributed by atoms with Crippen LogP contribution in [0.5, 0.6) is 0 Å². The van der Waals surface area contributed by atoms with Gasteiger partial charge in [-0.1, -0.05) is 206 Å². The molecule has 0 aromatic rings. The van der Waals surface area contributed by atoms with Gasteiger partial charge in [0.15, 0.2) is 6.04 Å². The average Bonchev–Trinajstić information content (AvgIpc) is 3.22. The maximum Gasteiger partial charge on any atom is 0.472 e. The third-order valence-electron chi connectivity index (χ3n) is 11.1. The highest BCUT2D eigenvalue weighted by Gasteiger charge is 2.28. The third kappa shape index (κ3) is 42.9. The predicted molar refractivity (Wildman–Crippen MR) is 245 cm³/mol. The van der Waals surface area contributed by atoms with Gasteiger partial charge in [0.2, 0.25) is 5.91 Å². The third-order valence-corrected chi connectivity index (χ3v) is 12.0. The molecule has 3 atom stereocenters. The minimum absolute atomic E-state index is 0.151. The molecule has 12 heteroatoms. The van der Waals surface area contributed by atoms with Crippen LogP contribution in [0.3, 0.4) is 0 Å². The van der Waals surface area contributed by atoms with Crippen molar-refractivity contribution in [3.8, 4) is 0 Å². The Hall–Kier alpha value is -1.78. The molecule has 0 fully saturated rings. The van der Waals surface area contributed by atoms with Crippen molar-refractivity contribution in [3.63, 3.8) is 0 Å². The zero-order valence-electron chi connectivity index (χ0n) is 38.5. The number of carboxylic acid groups (broad SMARTS) is 1. The molecule has 0 rings (SSSR count). The van der Waals surface area contributed by atoms with Crippen LogP contribution in [-0.2, 0) is 32.7 Å². The van der Waals surface area contributed by atoms with Crippen molar-refractivity contribution in [1.29, 1.82) is 0 Å². The van der Waals surface area contributed by atoms with Crippen LogP contribution in [0.4, 0.5) is 0 Å². The van der Waals surface area contributed by atoms with Gasteiger partial charge in [0.1, 0.15) is 12.7 Å². The number of hydrogen-bond donors (Lipinski definition) is 4. The topological polar surface area (TPSA) is 169 Å². The molecule has 0 aliphatic carbocycles. The van der Waals surface area contributed by atoms with Gasteiger partial charge in [-0.25, -0.2) is 9.36 Å². The molecule has 3 unspecified atom stereocenters. The van der Waals surface area contributed by atoms with E-state index in [9.17, 15) is 34.1 Å². The number of carboxylic acids is 1. The molecule has 0 saturated heterocycles. The Labute approximate surface area is 367 Å². The number of phosphoric acid groups is 1. The molecule has 0 aromatic carbocycles. The lowest BCUT2D eigenvalue weighted by Crippen LogP contribution is -2.43. The predicted octanol–water partition coefficient (Wildman–Crippen LogP) is 13.2. The first-order chi connectivity index (χ1) is 29.1. The quantitative estimate of drug-likeness (QED) is 0.0200. The van der Waals surface area contributed by atoms with Crippen LogP contribution in [0.1, 0.15) is 245 Å². The molecular formula is C48H92NO10P. The van der Waals surface area contributed by atoms with Gasteiger partial charge >= 0.3 is 19.8 Å². The van der Waals surface area contributed by atoms with Crippen LogP contribution in [0.2, 0.25) is 0 Å². The van der Waals surface area contributed by atoms with Crippen LogP contribution in [0, 0.1) is 0 Å². The molecule has 1 amide bonds. The minimum Gasteiger partial charge on any atom is -0.480 e. The van der Waals surface area contributed by atoms with Gasteiger partial charge < -0.3 is 25.2 Å². The molecule has 0 saturated carbocycles. The number of rotatable bonds is 47. The Balaban J connectivity index is 3.77. The number of nitrogens with one attached hydrogen (secondary N) is 1. The van der Waals surface area contributed by atoms with Gasteiger partial charge in [-0.05, 0) is 38.5 Å². The zero-order valence-corrected chi connectivity index (χ0v) is 39.4. The van der Waals surface area contributed by atoms with Crippen molar-refractivity contribution in [2.45, 2.75) is 257 Å². The molecule has 0 radical (unpaired) electrons. The number of carbonyl (C=O) groups excluding carboxylic acids is 2. The maximum absolute atomic E-state index is 12.3. The summed E-state index contributed by atoms with van der Waals surface area (Å²) in [5.74, 6) is -2.36. The number of amides is 1. The van der Waals surface area contributed by atoms with Crippen LogP contribution >= 0.6 is 7.82 Å². The second kappa shape index (κ2) is 43.9. The summed E-state index contributed by atoms with van der Waals surface area (Å²) in [5.41, 5.74) is 0. The molecule has 354 valence electrons. The zero-order chi connectivity index (χ0) is 44.2.